The third-order valence-corrected chi connectivity index (χ3v) is 4.90. The van der Waals surface area contributed by atoms with Gasteiger partial charge in [0, 0.05) is 31.6 Å². The molecule has 3 atom stereocenters. The predicted molar refractivity (Wildman–Crippen MR) is 79.0 cm³/mol. The van der Waals surface area contributed by atoms with Crippen molar-refractivity contribution < 1.29 is 4.79 Å². The summed E-state index contributed by atoms with van der Waals surface area (Å²) >= 11 is 0. The average molecular weight is 266 g/mol. The number of hydrogen-bond acceptors (Lipinski definition) is 2. The highest BCUT2D eigenvalue weighted by Crippen LogP contribution is 2.33. The van der Waals surface area contributed by atoms with E-state index >= 15 is 0 Å². The van der Waals surface area contributed by atoms with Crippen LogP contribution < -0.4 is 5.32 Å². The molecule has 0 aromatic heterocycles. The van der Waals surface area contributed by atoms with Gasteiger partial charge in [-0.3, -0.25) is 4.79 Å². The van der Waals surface area contributed by atoms with Crippen LogP contribution in [0.3, 0.4) is 0 Å². The predicted octanol–water partition coefficient (Wildman–Crippen LogP) is 2.80. The number of rotatable bonds is 5. The van der Waals surface area contributed by atoms with Crippen LogP contribution in [0.4, 0.5) is 0 Å². The number of piperidine rings is 1. The van der Waals surface area contributed by atoms with Gasteiger partial charge in [-0.2, -0.15) is 0 Å². The number of nitrogens with one attached hydrogen (secondary N) is 1. The molecule has 2 aliphatic heterocycles. The first-order chi connectivity index (χ1) is 8.95. The van der Waals surface area contributed by atoms with E-state index in [9.17, 15) is 4.79 Å². The van der Waals surface area contributed by atoms with E-state index in [1.807, 2.05) is 11.9 Å². The van der Waals surface area contributed by atoms with E-state index in [4.69, 9.17) is 0 Å². The van der Waals surface area contributed by atoms with Crippen molar-refractivity contribution in [2.45, 2.75) is 77.4 Å². The molecule has 110 valence electrons. The van der Waals surface area contributed by atoms with Crippen molar-refractivity contribution in [1.82, 2.24) is 10.2 Å². The molecule has 0 aliphatic carbocycles. The molecule has 0 spiro atoms. The number of fused-ring (bicyclic) bond motifs is 2. The number of carbonyl (C=O) groups excluding carboxylic acids is 1. The van der Waals surface area contributed by atoms with Crippen LogP contribution in [-0.2, 0) is 4.79 Å². The Labute approximate surface area is 118 Å². The van der Waals surface area contributed by atoms with E-state index in [1.54, 1.807) is 0 Å². The summed E-state index contributed by atoms with van der Waals surface area (Å²) in [6.45, 7) is 6.61. The summed E-state index contributed by atoms with van der Waals surface area (Å²) in [6, 6.07) is 1.75. The fraction of sp³-hybridized carbons (Fsp3) is 0.938. The van der Waals surface area contributed by atoms with Crippen molar-refractivity contribution in [3.05, 3.63) is 0 Å². The average Bonchev–Trinajstić information content (AvgIpc) is 2.66. The lowest BCUT2D eigenvalue weighted by molar-refractivity contribution is -0.133. The van der Waals surface area contributed by atoms with E-state index < -0.39 is 0 Å². The molecule has 0 aromatic rings. The largest absolute Gasteiger partial charge is 0.343 e. The molecule has 0 aromatic carbocycles. The molecule has 2 bridgehead atoms. The van der Waals surface area contributed by atoms with Gasteiger partial charge in [0.25, 0.3) is 0 Å². The van der Waals surface area contributed by atoms with Crippen LogP contribution in [0.5, 0.6) is 0 Å². The van der Waals surface area contributed by atoms with E-state index in [-0.39, 0.29) is 0 Å². The minimum absolute atomic E-state index is 0.347. The Hall–Kier alpha value is -0.570. The van der Waals surface area contributed by atoms with Gasteiger partial charge in [0.2, 0.25) is 5.91 Å². The standard InChI is InChI=1S/C16H30N2O/c1-11(2)7-12(3)18(4)16(19)10-13-8-14-5-6-15(9-13)17-14/h11-15,17H,5-10H2,1-4H3. The molecule has 3 heteroatoms. The zero-order chi connectivity index (χ0) is 14.0. The molecule has 1 N–H and O–H groups in total. The Kier molecular flexibility index (Phi) is 4.88. The quantitative estimate of drug-likeness (QED) is 0.830. The summed E-state index contributed by atoms with van der Waals surface area (Å²) < 4.78 is 0. The first kappa shape index (κ1) is 14.8. The Bertz CT molecular complexity index is 304. The van der Waals surface area contributed by atoms with E-state index in [0.29, 0.717) is 35.9 Å². The zero-order valence-corrected chi connectivity index (χ0v) is 13.0. The van der Waals surface area contributed by atoms with Crippen LogP contribution in [-0.4, -0.2) is 36.0 Å². The molecule has 0 radical (unpaired) electrons. The topological polar surface area (TPSA) is 32.3 Å². The molecule has 2 saturated heterocycles. The summed E-state index contributed by atoms with van der Waals surface area (Å²) in [5, 5.41) is 3.65. The van der Waals surface area contributed by atoms with Crippen LogP contribution in [0, 0.1) is 11.8 Å². The molecule has 3 unspecified atom stereocenters. The third kappa shape index (κ3) is 3.95. The second-order valence-corrected chi connectivity index (χ2v) is 7.16. The minimum atomic E-state index is 0.347. The Morgan fingerprint density at radius 3 is 2.32 bits per heavy atom. The van der Waals surface area contributed by atoms with Crippen LogP contribution in [0.1, 0.15) is 59.3 Å². The Balaban J connectivity index is 1.80. The summed E-state index contributed by atoms with van der Waals surface area (Å²) in [6.07, 6.45) is 6.89. The van der Waals surface area contributed by atoms with Gasteiger partial charge in [-0.1, -0.05) is 13.8 Å². The second kappa shape index (κ2) is 6.25. The van der Waals surface area contributed by atoms with Crippen LogP contribution in [0.25, 0.3) is 0 Å². The highest BCUT2D eigenvalue weighted by molar-refractivity contribution is 5.76. The van der Waals surface area contributed by atoms with Gasteiger partial charge >= 0.3 is 0 Å². The van der Waals surface area contributed by atoms with Crippen molar-refractivity contribution in [1.29, 1.82) is 0 Å². The Morgan fingerprint density at radius 1 is 1.21 bits per heavy atom. The maximum atomic E-state index is 12.4. The normalized spacial score (nSPS) is 31.5. The van der Waals surface area contributed by atoms with Crippen molar-refractivity contribution in [2.24, 2.45) is 11.8 Å². The lowest BCUT2D eigenvalue weighted by Crippen LogP contribution is -2.41. The molecule has 19 heavy (non-hydrogen) atoms. The van der Waals surface area contributed by atoms with E-state index in [0.717, 1.165) is 12.8 Å². The number of hydrogen-bond donors (Lipinski definition) is 1. The van der Waals surface area contributed by atoms with Gasteiger partial charge in [-0.25, -0.2) is 0 Å². The first-order valence-corrected chi connectivity index (χ1v) is 7.97. The third-order valence-electron chi connectivity index (χ3n) is 4.90. The molecule has 0 saturated carbocycles. The molecule has 2 aliphatic rings. The molecule has 1 amide bonds. The zero-order valence-electron chi connectivity index (χ0n) is 13.0. The first-order valence-electron chi connectivity index (χ1n) is 7.97. The highest BCUT2D eigenvalue weighted by atomic mass is 16.2. The number of amides is 1. The summed E-state index contributed by atoms with van der Waals surface area (Å²) in [4.78, 5) is 14.3. The molecule has 2 fully saturated rings. The SMILES string of the molecule is CC(C)CC(C)N(C)C(=O)CC1CC2CCC(C1)N2. The van der Waals surface area contributed by atoms with Crippen LogP contribution in [0.2, 0.25) is 0 Å². The lowest BCUT2D eigenvalue weighted by Gasteiger charge is -2.32. The molecular weight excluding hydrogens is 236 g/mol. The van der Waals surface area contributed by atoms with Gasteiger partial charge in [0.05, 0.1) is 0 Å². The van der Waals surface area contributed by atoms with Gasteiger partial charge in [0.1, 0.15) is 0 Å². The fourth-order valence-electron chi connectivity index (χ4n) is 3.82. The number of carbonyl (C=O) groups is 1. The van der Waals surface area contributed by atoms with Gasteiger partial charge in [0.15, 0.2) is 0 Å². The van der Waals surface area contributed by atoms with Crippen molar-refractivity contribution in [3.63, 3.8) is 0 Å². The maximum Gasteiger partial charge on any atom is 0.222 e. The van der Waals surface area contributed by atoms with Crippen molar-refractivity contribution in [2.75, 3.05) is 7.05 Å². The van der Waals surface area contributed by atoms with Crippen molar-refractivity contribution in [3.8, 4) is 0 Å². The van der Waals surface area contributed by atoms with Crippen LogP contribution in [0.15, 0.2) is 0 Å². The van der Waals surface area contributed by atoms with Gasteiger partial charge in [-0.05, 0) is 50.9 Å². The van der Waals surface area contributed by atoms with E-state index in [1.165, 1.54) is 25.7 Å². The maximum absolute atomic E-state index is 12.4. The van der Waals surface area contributed by atoms with E-state index in [2.05, 4.69) is 26.1 Å². The smallest absolute Gasteiger partial charge is 0.222 e. The summed E-state index contributed by atoms with van der Waals surface area (Å²) in [5.74, 6) is 1.61. The monoisotopic (exact) mass is 266 g/mol. The molecule has 2 rings (SSSR count). The molecular formula is C16H30N2O. The fourth-order valence-corrected chi connectivity index (χ4v) is 3.82. The molecule has 2 heterocycles. The van der Waals surface area contributed by atoms with Gasteiger partial charge < -0.3 is 10.2 Å². The van der Waals surface area contributed by atoms with Gasteiger partial charge in [-0.15, -0.1) is 0 Å². The number of nitrogens with zero attached hydrogens (tertiary/aromatic N) is 1. The molecule has 3 nitrogen and oxygen atoms in total. The summed E-state index contributed by atoms with van der Waals surface area (Å²) in [5.41, 5.74) is 0. The summed E-state index contributed by atoms with van der Waals surface area (Å²) in [7, 11) is 1.98. The van der Waals surface area contributed by atoms with Crippen molar-refractivity contribution >= 4 is 5.91 Å². The Morgan fingerprint density at radius 2 is 1.79 bits per heavy atom. The second-order valence-electron chi connectivity index (χ2n) is 7.16. The minimum Gasteiger partial charge on any atom is -0.343 e. The highest BCUT2D eigenvalue weighted by Gasteiger charge is 2.34. The lowest BCUT2D eigenvalue weighted by atomic mass is 9.89. The van der Waals surface area contributed by atoms with Crippen LogP contribution >= 0.6 is 0 Å².